The fourth-order valence-corrected chi connectivity index (χ4v) is 2.38. The van der Waals surface area contributed by atoms with Crippen LogP contribution in [0.1, 0.15) is 53.9 Å². The van der Waals surface area contributed by atoms with Gasteiger partial charge in [-0.2, -0.15) is 0 Å². The van der Waals surface area contributed by atoms with Gasteiger partial charge in [0.2, 0.25) is 5.91 Å². The van der Waals surface area contributed by atoms with E-state index in [0.29, 0.717) is 19.1 Å². The lowest BCUT2D eigenvalue weighted by atomic mass is 9.99. The highest BCUT2D eigenvalue weighted by Gasteiger charge is 2.45. The van der Waals surface area contributed by atoms with Gasteiger partial charge in [-0.25, -0.2) is 0 Å². The minimum absolute atomic E-state index is 0.158. The van der Waals surface area contributed by atoms with Gasteiger partial charge >= 0.3 is 0 Å². The van der Waals surface area contributed by atoms with Gasteiger partial charge in [-0.15, -0.1) is 0 Å². The molecule has 1 aliphatic rings. The van der Waals surface area contributed by atoms with Crippen LogP contribution in [0.15, 0.2) is 0 Å². The molecule has 1 fully saturated rings. The largest absolute Gasteiger partial charge is 0.380 e. The van der Waals surface area contributed by atoms with Crippen molar-refractivity contribution < 1.29 is 9.53 Å². The van der Waals surface area contributed by atoms with Crippen molar-refractivity contribution in [3.05, 3.63) is 0 Å². The molecule has 0 aliphatic carbocycles. The molecule has 4 heteroatoms. The Kier molecular flexibility index (Phi) is 6.27. The zero-order valence-electron chi connectivity index (χ0n) is 13.2. The quantitative estimate of drug-likeness (QED) is 0.689. The number of carbonyl (C=O) groups excluding carboxylic acids is 1. The predicted octanol–water partition coefficient (Wildman–Crippen LogP) is 2.39. The smallest absolute Gasteiger partial charge is 0.243 e. The van der Waals surface area contributed by atoms with Gasteiger partial charge < -0.3 is 9.64 Å². The van der Waals surface area contributed by atoms with Gasteiger partial charge in [-0.3, -0.25) is 10.1 Å². The van der Waals surface area contributed by atoms with E-state index in [4.69, 9.17) is 4.74 Å². The fraction of sp³-hybridized carbons (Fsp3) is 0.933. The summed E-state index contributed by atoms with van der Waals surface area (Å²) in [5, 5.41) is 3.45. The van der Waals surface area contributed by atoms with Crippen molar-refractivity contribution in [1.29, 1.82) is 0 Å². The van der Waals surface area contributed by atoms with Gasteiger partial charge in [0.15, 0.2) is 0 Å². The van der Waals surface area contributed by atoms with Crippen molar-refractivity contribution in [3.63, 3.8) is 0 Å². The molecule has 0 bridgehead atoms. The molecule has 19 heavy (non-hydrogen) atoms. The van der Waals surface area contributed by atoms with Crippen LogP contribution >= 0.6 is 0 Å². The maximum absolute atomic E-state index is 12.4. The van der Waals surface area contributed by atoms with Crippen LogP contribution in [0.2, 0.25) is 0 Å². The zero-order chi connectivity index (χ0) is 14.5. The summed E-state index contributed by atoms with van der Waals surface area (Å²) in [4.78, 5) is 14.4. The molecular formula is C15H30N2O2. The summed E-state index contributed by atoms with van der Waals surface area (Å²) in [5.74, 6) is 0.885. The van der Waals surface area contributed by atoms with Gasteiger partial charge in [-0.05, 0) is 32.1 Å². The molecule has 1 saturated heterocycles. The third-order valence-corrected chi connectivity index (χ3v) is 4.00. The van der Waals surface area contributed by atoms with Crippen molar-refractivity contribution in [2.24, 2.45) is 5.92 Å². The van der Waals surface area contributed by atoms with Crippen LogP contribution in [-0.4, -0.2) is 42.3 Å². The molecule has 1 rings (SSSR count). The minimum atomic E-state index is -0.390. The predicted molar refractivity (Wildman–Crippen MR) is 77.9 cm³/mol. The lowest BCUT2D eigenvalue weighted by Gasteiger charge is -2.23. The van der Waals surface area contributed by atoms with Crippen molar-refractivity contribution in [1.82, 2.24) is 10.2 Å². The molecule has 0 aromatic rings. The number of nitrogens with one attached hydrogen (secondary N) is 1. The van der Waals surface area contributed by atoms with Crippen LogP contribution in [0.4, 0.5) is 0 Å². The number of hydrogen-bond donors (Lipinski definition) is 1. The summed E-state index contributed by atoms with van der Waals surface area (Å²) >= 11 is 0. The summed E-state index contributed by atoms with van der Waals surface area (Å²) in [6.07, 6.45) is 3.00. The van der Waals surface area contributed by atoms with Crippen molar-refractivity contribution >= 4 is 5.91 Å². The van der Waals surface area contributed by atoms with Crippen LogP contribution in [0.3, 0.4) is 0 Å². The number of carbonyl (C=O) groups is 1. The molecule has 0 aromatic heterocycles. The van der Waals surface area contributed by atoms with E-state index in [9.17, 15) is 4.79 Å². The van der Waals surface area contributed by atoms with E-state index in [1.807, 2.05) is 11.8 Å². The van der Waals surface area contributed by atoms with Crippen LogP contribution < -0.4 is 5.32 Å². The summed E-state index contributed by atoms with van der Waals surface area (Å²) in [6.45, 7) is 12.7. The van der Waals surface area contributed by atoms with E-state index in [1.165, 1.54) is 0 Å². The standard InChI is InChI=1S/C15H30N2O2/c1-6-13-16-15(5,7-2)14(18)17(13)9-11-19-10-8-12(3)4/h12-13,16H,6-11H2,1-5H3. The average Bonchev–Trinajstić information content (AvgIpc) is 2.62. The minimum Gasteiger partial charge on any atom is -0.380 e. The highest BCUT2D eigenvalue weighted by molar-refractivity contribution is 5.88. The van der Waals surface area contributed by atoms with Crippen LogP contribution in [0.5, 0.6) is 0 Å². The Labute approximate surface area is 117 Å². The summed E-state index contributed by atoms with van der Waals surface area (Å²) in [5.41, 5.74) is -0.390. The molecule has 2 atom stereocenters. The second-order valence-corrected chi connectivity index (χ2v) is 6.05. The van der Waals surface area contributed by atoms with Crippen LogP contribution in [-0.2, 0) is 9.53 Å². The topological polar surface area (TPSA) is 41.6 Å². The Morgan fingerprint density at radius 1 is 1.37 bits per heavy atom. The lowest BCUT2D eigenvalue weighted by Crippen LogP contribution is -2.43. The molecule has 0 aromatic carbocycles. The molecule has 0 saturated carbocycles. The Balaban J connectivity index is 2.41. The molecule has 1 aliphatic heterocycles. The summed E-state index contributed by atoms with van der Waals surface area (Å²) in [7, 11) is 0. The number of nitrogens with zero attached hydrogens (tertiary/aromatic N) is 1. The van der Waals surface area contributed by atoms with Crippen molar-refractivity contribution in [2.75, 3.05) is 19.8 Å². The molecule has 0 spiro atoms. The first-order valence-electron chi connectivity index (χ1n) is 7.61. The van der Waals surface area contributed by atoms with Gasteiger partial charge in [0.05, 0.1) is 18.3 Å². The normalized spacial score (nSPS) is 27.6. The third-order valence-electron chi connectivity index (χ3n) is 4.00. The second-order valence-electron chi connectivity index (χ2n) is 6.05. The summed E-state index contributed by atoms with van der Waals surface area (Å²) in [6, 6.07) is 0. The lowest BCUT2D eigenvalue weighted by molar-refractivity contribution is -0.133. The first-order valence-corrected chi connectivity index (χ1v) is 7.61. The highest BCUT2D eigenvalue weighted by Crippen LogP contribution is 2.24. The van der Waals surface area contributed by atoms with Crippen molar-refractivity contribution in [3.8, 4) is 0 Å². The van der Waals surface area contributed by atoms with E-state index in [-0.39, 0.29) is 12.1 Å². The van der Waals surface area contributed by atoms with Gasteiger partial charge in [0, 0.05) is 13.2 Å². The Hall–Kier alpha value is -0.610. The number of hydrogen-bond acceptors (Lipinski definition) is 3. The van der Waals surface area contributed by atoms with E-state index in [0.717, 1.165) is 25.9 Å². The second kappa shape index (κ2) is 7.25. The molecular weight excluding hydrogens is 240 g/mol. The highest BCUT2D eigenvalue weighted by atomic mass is 16.5. The molecule has 1 amide bonds. The van der Waals surface area contributed by atoms with E-state index in [1.54, 1.807) is 0 Å². The molecule has 1 heterocycles. The molecule has 4 nitrogen and oxygen atoms in total. The van der Waals surface area contributed by atoms with E-state index < -0.39 is 5.54 Å². The van der Waals surface area contributed by atoms with E-state index >= 15 is 0 Å². The SMILES string of the molecule is CCC1NC(C)(CC)C(=O)N1CCOCCC(C)C. The van der Waals surface area contributed by atoms with Gasteiger partial charge in [0.25, 0.3) is 0 Å². The maximum Gasteiger partial charge on any atom is 0.243 e. The van der Waals surface area contributed by atoms with Crippen LogP contribution in [0.25, 0.3) is 0 Å². The Morgan fingerprint density at radius 3 is 2.58 bits per heavy atom. The molecule has 112 valence electrons. The maximum atomic E-state index is 12.4. The number of rotatable bonds is 8. The number of ether oxygens (including phenoxy) is 1. The first-order chi connectivity index (χ1) is 8.94. The van der Waals surface area contributed by atoms with E-state index in [2.05, 4.69) is 33.0 Å². The van der Waals surface area contributed by atoms with Gasteiger partial charge in [-0.1, -0.05) is 27.7 Å². The third kappa shape index (κ3) is 4.18. The molecule has 2 unspecified atom stereocenters. The first kappa shape index (κ1) is 16.4. The monoisotopic (exact) mass is 270 g/mol. The fourth-order valence-electron chi connectivity index (χ4n) is 2.38. The number of amides is 1. The van der Waals surface area contributed by atoms with Gasteiger partial charge in [0.1, 0.15) is 0 Å². The Bertz CT molecular complexity index is 294. The average molecular weight is 270 g/mol. The molecule has 1 N–H and O–H groups in total. The summed E-state index contributed by atoms with van der Waals surface area (Å²) < 4.78 is 5.63. The Morgan fingerprint density at radius 2 is 2.05 bits per heavy atom. The molecule has 0 radical (unpaired) electrons. The van der Waals surface area contributed by atoms with Crippen LogP contribution in [0, 0.1) is 5.92 Å². The van der Waals surface area contributed by atoms with Crippen molar-refractivity contribution in [2.45, 2.75) is 65.6 Å². The zero-order valence-corrected chi connectivity index (χ0v) is 13.2.